The molecule has 3 unspecified atom stereocenters. The van der Waals surface area contributed by atoms with Gasteiger partial charge in [-0.2, -0.15) is 4.98 Å². The predicted molar refractivity (Wildman–Crippen MR) is 92.0 cm³/mol. The van der Waals surface area contributed by atoms with Gasteiger partial charge in [0, 0.05) is 5.75 Å². The summed E-state index contributed by atoms with van der Waals surface area (Å²) in [5, 5.41) is 19.4. The van der Waals surface area contributed by atoms with Crippen molar-refractivity contribution in [3.8, 4) is 0 Å². The first-order valence-corrected chi connectivity index (χ1v) is 8.57. The summed E-state index contributed by atoms with van der Waals surface area (Å²) in [7, 11) is 1.21. The van der Waals surface area contributed by atoms with Gasteiger partial charge in [0.05, 0.1) is 5.92 Å². The molecule has 0 saturated heterocycles. The molecule has 0 fully saturated rings. The Bertz CT molecular complexity index is 892. The molecule has 3 heterocycles. The van der Waals surface area contributed by atoms with Crippen molar-refractivity contribution in [2.24, 2.45) is 11.1 Å². The topological polar surface area (TPSA) is 173 Å². The summed E-state index contributed by atoms with van der Waals surface area (Å²) < 4.78 is 5.76. The lowest BCUT2D eigenvalue weighted by molar-refractivity contribution is -0.501. The smallest absolute Gasteiger partial charge is 0.422 e. The van der Waals surface area contributed by atoms with Gasteiger partial charge in [-0.25, -0.2) is 9.59 Å². The molecule has 4 N–H and O–H groups in total. The number of hydrogen-bond acceptors (Lipinski definition) is 10. The Labute approximate surface area is 156 Å². The second-order valence-electron chi connectivity index (χ2n) is 5.53. The number of aromatic nitrogens is 2. The monoisotopic (exact) mass is 395 g/mol. The van der Waals surface area contributed by atoms with E-state index in [1.165, 1.54) is 24.9 Å². The maximum absolute atomic E-state index is 12.5. The largest absolute Gasteiger partial charge is 0.476 e. The highest BCUT2D eigenvalue weighted by Crippen LogP contribution is 2.31. The fourth-order valence-corrected chi connectivity index (χ4v) is 4.09. The zero-order chi connectivity index (χ0) is 19.7. The van der Waals surface area contributed by atoms with Crippen molar-refractivity contribution in [2.75, 3.05) is 18.6 Å². The number of rotatable bonds is 6. The molecule has 0 bridgehead atoms. The Morgan fingerprint density at radius 1 is 1.59 bits per heavy atom. The van der Waals surface area contributed by atoms with Crippen LogP contribution in [0.25, 0.3) is 0 Å². The molecule has 2 amide bonds. The number of nitrogens with zero attached hydrogens (tertiary/aromatic N) is 4. The van der Waals surface area contributed by atoms with Gasteiger partial charge in [-0.15, -0.1) is 11.2 Å². The molecule has 0 saturated carbocycles. The van der Waals surface area contributed by atoms with E-state index in [0.717, 1.165) is 4.58 Å². The number of anilines is 1. The van der Waals surface area contributed by atoms with E-state index in [1.54, 1.807) is 0 Å². The zero-order valence-electron chi connectivity index (χ0n) is 14.0. The van der Waals surface area contributed by atoms with Crippen LogP contribution >= 0.6 is 11.8 Å². The van der Waals surface area contributed by atoms with E-state index in [1.807, 2.05) is 0 Å². The molecule has 2 aliphatic heterocycles. The lowest BCUT2D eigenvalue weighted by Crippen LogP contribution is -2.68. The minimum absolute atomic E-state index is 0.216. The third kappa shape index (κ3) is 3.16. The minimum Gasteiger partial charge on any atom is -0.476 e. The lowest BCUT2D eigenvalue weighted by Gasteiger charge is -2.32. The number of thioether (sulfide) groups is 1. The van der Waals surface area contributed by atoms with Crippen LogP contribution in [0.4, 0.5) is 6.01 Å². The first-order valence-electron chi connectivity index (χ1n) is 7.58. The van der Waals surface area contributed by atoms with Crippen LogP contribution in [0.2, 0.25) is 0 Å². The second kappa shape index (κ2) is 7.19. The third-order valence-electron chi connectivity index (χ3n) is 3.96. The van der Waals surface area contributed by atoms with Crippen molar-refractivity contribution < 1.29 is 33.4 Å². The first kappa shape index (κ1) is 18.6. The fraction of sp³-hybridized carbons (Fsp3) is 0.357. The molecule has 13 heteroatoms. The number of hydrogen-bond donors (Lipinski definition) is 3. The molecule has 1 aromatic heterocycles. The molecule has 142 valence electrons. The standard InChI is InChI=1S/C14H14N6O6S/c1-3-5-4-27-12-7(11(22)20(12)8(5)13(23)24)16-10(21)6(18-25-2)9-17-14(15)26-19-9/h3,5,7-8H,1,4H2,2H3,(H3-,15,16,17,19,21,23,24)/p+1. The summed E-state index contributed by atoms with van der Waals surface area (Å²) in [5.74, 6) is -2.68. The number of nitrogens with two attached hydrogens (primary N) is 1. The van der Waals surface area contributed by atoms with Gasteiger partial charge < -0.3 is 25.5 Å². The van der Waals surface area contributed by atoms with Crippen LogP contribution in [0, 0.1) is 5.92 Å². The van der Waals surface area contributed by atoms with Gasteiger partial charge in [-0.3, -0.25) is 4.79 Å². The van der Waals surface area contributed by atoms with Crippen LogP contribution in [-0.4, -0.2) is 73.3 Å². The van der Waals surface area contributed by atoms with Gasteiger partial charge in [0.1, 0.15) is 7.11 Å². The molecule has 0 aliphatic carbocycles. The van der Waals surface area contributed by atoms with Gasteiger partial charge in [-0.05, 0) is 0 Å². The SMILES string of the molecule is C=CC1CSC2=[N+](C(=O)C2NC(=O)C(=NOC)c2noc(N)n2)C1C(=O)O. The van der Waals surface area contributed by atoms with Crippen molar-refractivity contribution in [2.45, 2.75) is 12.1 Å². The van der Waals surface area contributed by atoms with Crippen molar-refractivity contribution in [1.82, 2.24) is 15.5 Å². The number of amides is 2. The maximum Gasteiger partial charge on any atom is 0.422 e. The van der Waals surface area contributed by atoms with E-state index < -0.39 is 35.8 Å². The van der Waals surface area contributed by atoms with Crippen LogP contribution in [0.15, 0.2) is 22.3 Å². The average Bonchev–Trinajstić information content (AvgIpc) is 3.08. The summed E-state index contributed by atoms with van der Waals surface area (Å²) in [6, 6.07) is -2.32. The van der Waals surface area contributed by atoms with Gasteiger partial charge in [0.15, 0.2) is 0 Å². The Balaban J connectivity index is 1.83. The normalized spacial score (nSPS) is 24.7. The predicted octanol–water partition coefficient (Wildman–Crippen LogP) is -1.56. The fourth-order valence-electron chi connectivity index (χ4n) is 2.74. The molecule has 12 nitrogen and oxygen atoms in total. The van der Waals surface area contributed by atoms with Gasteiger partial charge in [0.2, 0.25) is 17.6 Å². The molecular formula is C14H15N6O6S+. The number of carboxylic acids is 1. The molecule has 1 aromatic rings. The molecule has 3 atom stereocenters. The summed E-state index contributed by atoms with van der Waals surface area (Å²) in [6.07, 6.45) is 1.51. The van der Waals surface area contributed by atoms with Crippen LogP contribution in [0.5, 0.6) is 0 Å². The quantitative estimate of drug-likeness (QED) is 0.221. The maximum atomic E-state index is 12.5. The van der Waals surface area contributed by atoms with Crippen molar-refractivity contribution in [3.05, 3.63) is 18.5 Å². The summed E-state index contributed by atoms with van der Waals surface area (Å²) in [6.45, 7) is 3.62. The zero-order valence-corrected chi connectivity index (χ0v) is 14.8. The Morgan fingerprint density at radius 3 is 2.89 bits per heavy atom. The van der Waals surface area contributed by atoms with E-state index in [4.69, 9.17) is 5.73 Å². The molecule has 0 aromatic carbocycles. The van der Waals surface area contributed by atoms with Crippen molar-refractivity contribution >= 4 is 46.3 Å². The Kier molecular flexibility index (Phi) is 4.94. The lowest BCUT2D eigenvalue weighted by atomic mass is 9.97. The van der Waals surface area contributed by atoms with E-state index >= 15 is 0 Å². The first-order chi connectivity index (χ1) is 12.9. The average molecular weight is 395 g/mol. The van der Waals surface area contributed by atoms with Gasteiger partial charge in [-0.1, -0.05) is 28.2 Å². The number of carboxylic acid groups (broad SMARTS) is 1. The van der Waals surface area contributed by atoms with Gasteiger partial charge in [0.25, 0.3) is 17.0 Å². The highest BCUT2D eigenvalue weighted by atomic mass is 32.2. The number of oxime groups is 1. The van der Waals surface area contributed by atoms with Crippen LogP contribution in [-0.2, 0) is 19.2 Å². The van der Waals surface area contributed by atoms with Crippen LogP contribution in [0.1, 0.15) is 5.82 Å². The van der Waals surface area contributed by atoms with Gasteiger partial charge >= 0.3 is 17.9 Å². The summed E-state index contributed by atoms with van der Waals surface area (Å²) >= 11 is 1.28. The molecule has 0 spiro atoms. The summed E-state index contributed by atoms with van der Waals surface area (Å²) in [5.41, 5.74) is 4.99. The second-order valence-corrected chi connectivity index (χ2v) is 6.57. The number of nitrogens with one attached hydrogen (secondary N) is 1. The number of aliphatic carboxylic acids is 1. The third-order valence-corrected chi connectivity index (χ3v) is 5.24. The Morgan fingerprint density at radius 2 is 2.33 bits per heavy atom. The van der Waals surface area contributed by atoms with E-state index in [-0.39, 0.29) is 17.6 Å². The minimum atomic E-state index is -1.14. The number of nitrogen functional groups attached to an aromatic ring is 1. The molecule has 27 heavy (non-hydrogen) atoms. The van der Waals surface area contributed by atoms with E-state index in [9.17, 15) is 19.5 Å². The van der Waals surface area contributed by atoms with E-state index in [0.29, 0.717) is 10.8 Å². The highest BCUT2D eigenvalue weighted by Gasteiger charge is 2.60. The van der Waals surface area contributed by atoms with Crippen LogP contribution < -0.4 is 11.1 Å². The molecular weight excluding hydrogens is 380 g/mol. The Hall–Kier alpha value is -3.22. The van der Waals surface area contributed by atoms with Crippen LogP contribution in [0.3, 0.4) is 0 Å². The number of carbonyl (C=O) groups is 3. The van der Waals surface area contributed by atoms with E-state index in [2.05, 4.69) is 36.6 Å². The number of carbonyl (C=O) groups excluding carboxylic acids is 2. The summed E-state index contributed by atoms with van der Waals surface area (Å²) in [4.78, 5) is 44.8. The van der Waals surface area contributed by atoms with Crippen molar-refractivity contribution in [1.29, 1.82) is 0 Å². The molecule has 2 aliphatic rings. The highest BCUT2D eigenvalue weighted by molar-refractivity contribution is 8.14. The molecule has 0 radical (unpaired) electrons. The van der Waals surface area contributed by atoms with Crippen molar-refractivity contribution in [3.63, 3.8) is 0 Å². The molecule has 3 rings (SSSR count).